The molecule has 0 saturated heterocycles. The van der Waals surface area contributed by atoms with Crippen LogP contribution in [0.5, 0.6) is 0 Å². The molecular weight excluding hydrogens is 250 g/mol. The molecule has 0 aromatic heterocycles. The van der Waals surface area contributed by atoms with Gasteiger partial charge in [-0.1, -0.05) is 13.8 Å². The average Bonchev–Trinajstić information content (AvgIpc) is 2.40. The van der Waals surface area contributed by atoms with Crippen LogP contribution < -0.4 is 0 Å². The molecular formula is C13H29NO3S. The van der Waals surface area contributed by atoms with Gasteiger partial charge in [0.2, 0.25) is 0 Å². The quantitative estimate of drug-likeness (QED) is 0.479. The summed E-state index contributed by atoms with van der Waals surface area (Å²) in [7, 11) is 3.43. The summed E-state index contributed by atoms with van der Waals surface area (Å²) in [4.78, 5) is 2.37. The van der Waals surface area contributed by atoms with E-state index < -0.39 is 0 Å². The van der Waals surface area contributed by atoms with Crippen LogP contribution in [-0.2, 0) is 14.2 Å². The Bertz CT molecular complexity index is 168. The Morgan fingerprint density at radius 3 is 2.39 bits per heavy atom. The topological polar surface area (TPSA) is 30.9 Å². The van der Waals surface area contributed by atoms with E-state index in [1.807, 2.05) is 11.8 Å². The Balaban J connectivity index is 3.29. The second-order valence-electron chi connectivity index (χ2n) is 4.03. The number of hydrogen-bond donors (Lipinski definition) is 0. The molecule has 4 nitrogen and oxygen atoms in total. The second kappa shape index (κ2) is 13.6. The average molecular weight is 279 g/mol. The zero-order valence-corrected chi connectivity index (χ0v) is 13.1. The van der Waals surface area contributed by atoms with Crippen molar-refractivity contribution in [2.75, 3.05) is 65.2 Å². The minimum atomic E-state index is 0.190. The predicted molar refractivity (Wildman–Crippen MR) is 78.6 cm³/mol. The van der Waals surface area contributed by atoms with E-state index in [9.17, 15) is 0 Å². The van der Waals surface area contributed by atoms with Gasteiger partial charge in [0, 0.05) is 32.3 Å². The van der Waals surface area contributed by atoms with Crippen LogP contribution in [0.3, 0.4) is 0 Å². The first kappa shape index (κ1) is 18.2. The van der Waals surface area contributed by atoms with Crippen LogP contribution in [0.4, 0.5) is 0 Å². The normalized spacial score (nSPS) is 13.2. The number of nitrogens with zero attached hydrogens (tertiary/aromatic N) is 1. The molecule has 0 radical (unpaired) electrons. The molecule has 0 spiro atoms. The number of ether oxygens (including phenoxy) is 3. The van der Waals surface area contributed by atoms with E-state index >= 15 is 0 Å². The molecule has 1 atom stereocenters. The molecule has 0 aliphatic heterocycles. The maximum atomic E-state index is 5.61. The van der Waals surface area contributed by atoms with E-state index in [1.165, 1.54) is 0 Å². The molecule has 0 bridgehead atoms. The number of rotatable bonds is 13. The lowest BCUT2D eigenvalue weighted by atomic mass is 10.4. The zero-order valence-electron chi connectivity index (χ0n) is 12.3. The van der Waals surface area contributed by atoms with Gasteiger partial charge < -0.3 is 19.1 Å². The molecule has 0 saturated carbocycles. The number of methoxy groups -OCH3 is 2. The Kier molecular flexibility index (Phi) is 13.8. The van der Waals surface area contributed by atoms with Crippen molar-refractivity contribution in [3.05, 3.63) is 0 Å². The third-order valence-electron chi connectivity index (χ3n) is 2.81. The lowest BCUT2D eigenvalue weighted by Gasteiger charge is -2.17. The van der Waals surface area contributed by atoms with Crippen LogP contribution in [0.25, 0.3) is 0 Å². The summed E-state index contributed by atoms with van der Waals surface area (Å²) in [6, 6.07) is 0. The van der Waals surface area contributed by atoms with Crippen LogP contribution in [0, 0.1) is 0 Å². The smallest absolute Gasteiger partial charge is 0.0894 e. The summed E-state index contributed by atoms with van der Waals surface area (Å²) >= 11 is 1.85. The summed E-state index contributed by atoms with van der Waals surface area (Å²) in [5, 5.41) is 0. The maximum Gasteiger partial charge on any atom is 0.0894 e. The molecule has 0 N–H and O–H groups in total. The monoisotopic (exact) mass is 279 g/mol. The molecule has 0 aliphatic carbocycles. The first-order chi connectivity index (χ1) is 8.78. The van der Waals surface area contributed by atoms with Gasteiger partial charge in [-0.25, -0.2) is 0 Å². The maximum absolute atomic E-state index is 5.61. The minimum Gasteiger partial charge on any atom is -0.382 e. The van der Waals surface area contributed by atoms with Crippen molar-refractivity contribution < 1.29 is 14.2 Å². The van der Waals surface area contributed by atoms with Gasteiger partial charge >= 0.3 is 0 Å². The number of thioether (sulfide) groups is 1. The lowest BCUT2D eigenvalue weighted by Crippen LogP contribution is -2.27. The first-order valence-electron chi connectivity index (χ1n) is 6.67. The van der Waals surface area contributed by atoms with E-state index in [2.05, 4.69) is 18.7 Å². The molecule has 18 heavy (non-hydrogen) atoms. The minimum absolute atomic E-state index is 0.190. The van der Waals surface area contributed by atoms with Crippen molar-refractivity contribution in [3.63, 3.8) is 0 Å². The molecule has 0 aliphatic rings. The van der Waals surface area contributed by atoms with Gasteiger partial charge in [-0.3, -0.25) is 0 Å². The third kappa shape index (κ3) is 10.1. The molecule has 0 aromatic rings. The highest BCUT2D eigenvalue weighted by molar-refractivity contribution is 7.99. The molecule has 0 heterocycles. The van der Waals surface area contributed by atoms with Crippen molar-refractivity contribution in [2.45, 2.75) is 20.0 Å². The van der Waals surface area contributed by atoms with E-state index in [4.69, 9.17) is 14.2 Å². The van der Waals surface area contributed by atoms with Crippen molar-refractivity contribution >= 4 is 11.8 Å². The van der Waals surface area contributed by atoms with Crippen LogP contribution in [0.15, 0.2) is 0 Å². The van der Waals surface area contributed by atoms with E-state index in [1.54, 1.807) is 14.2 Å². The Morgan fingerprint density at radius 2 is 1.83 bits per heavy atom. The molecule has 0 rings (SSSR count). The summed E-state index contributed by atoms with van der Waals surface area (Å²) in [5.41, 5.74) is 0. The first-order valence-corrected chi connectivity index (χ1v) is 7.83. The van der Waals surface area contributed by atoms with Crippen molar-refractivity contribution in [2.24, 2.45) is 0 Å². The summed E-state index contributed by atoms with van der Waals surface area (Å²) in [6.45, 7) is 9.89. The van der Waals surface area contributed by atoms with Gasteiger partial charge in [0.25, 0.3) is 0 Å². The Hall–Kier alpha value is 0.190. The Labute approximate surface area is 116 Å². The van der Waals surface area contributed by atoms with Crippen molar-refractivity contribution in [3.8, 4) is 0 Å². The van der Waals surface area contributed by atoms with Gasteiger partial charge in [-0.2, -0.15) is 11.8 Å². The largest absolute Gasteiger partial charge is 0.382 e. The highest BCUT2D eigenvalue weighted by Gasteiger charge is 2.06. The van der Waals surface area contributed by atoms with Gasteiger partial charge in [0.1, 0.15) is 0 Å². The van der Waals surface area contributed by atoms with E-state index in [0.717, 1.165) is 44.4 Å². The summed E-state index contributed by atoms with van der Waals surface area (Å²) < 4.78 is 16.0. The van der Waals surface area contributed by atoms with Crippen molar-refractivity contribution in [1.82, 2.24) is 4.90 Å². The van der Waals surface area contributed by atoms with Gasteiger partial charge in [0.15, 0.2) is 0 Å². The molecule has 0 amide bonds. The third-order valence-corrected chi connectivity index (χ3v) is 3.87. The molecule has 0 aromatic carbocycles. The van der Waals surface area contributed by atoms with Crippen LogP contribution >= 0.6 is 11.8 Å². The van der Waals surface area contributed by atoms with Crippen molar-refractivity contribution in [1.29, 1.82) is 0 Å². The highest BCUT2D eigenvalue weighted by atomic mass is 32.2. The predicted octanol–water partition coefficient (Wildman–Crippen LogP) is 1.74. The molecule has 110 valence electrons. The molecule has 1 unspecified atom stereocenters. The summed E-state index contributed by atoms with van der Waals surface area (Å²) in [5.74, 6) is 1.98. The fraction of sp³-hybridized carbons (Fsp3) is 1.00. The van der Waals surface area contributed by atoms with Gasteiger partial charge in [-0.05, 0) is 13.1 Å². The van der Waals surface area contributed by atoms with Crippen LogP contribution in [0.1, 0.15) is 13.8 Å². The zero-order chi connectivity index (χ0) is 13.6. The second-order valence-corrected chi connectivity index (χ2v) is 5.18. The van der Waals surface area contributed by atoms with Crippen LogP contribution in [0.2, 0.25) is 0 Å². The molecule has 0 fully saturated rings. The van der Waals surface area contributed by atoms with E-state index in [-0.39, 0.29) is 6.10 Å². The fourth-order valence-corrected chi connectivity index (χ4v) is 2.44. The lowest BCUT2D eigenvalue weighted by molar-refractivity contribution is 0.0430. The highest BCUT2D eigenvalue weighted by Crippen LogP contribution is 2.05. The molecule has 5 heteroatoms. The Morgan fingerprint density at radius 1 is 1.11 bits per heavy atom. The SMILES string of the molecule is CCN(CC)CCOCCSCC(COC)OC. The fourth-order valence-electron chi connectivity index (χ4n) is 1.54. The van der Waals surface area contributed by atoms with Gasteiger partial charge in [0.05, 0.1) is 25.9 Å². The number of likely N-dealkylation sites (N-methyl/N-ethyl adjacent to an activating group) is 1. The number of hydrogen-bond acceptors (Lipinski definition) is 5. The summed E-state index contributed by atoms with van der Waals surface area (Å²) in [6.07, 6.45) is 0.190. The van der Waals surface area contributed by atoms with Crippen LogP contribution in [-0.4, -0.2) is 76.2 Å². The van der Waals surface area contributed by atoms with Gasteiger partial charge in [-0.15, -0.1) is 0 Å². The van der Waals surface area contributed by atoms with E-state index in [0.29, 0.717) is 6.61 Å². The standard InChI is InChI=1S/C13H29NO3S/c1-5-14(6-2)7-8-17-9-10-18-12-13(16-4)11-15-3/h13H,5-12H2,1-4H3.